The fraction of sp³-hybridized carbons (Fsp3) is 0.455. The molecule has 0 fully saturated rings. The molecule has 0 radical (unpaired) electrons. The molecule has 0 aliphatic rings. The van der Waals surface area contributed by atoms with E-state index in [0.717, 1.165) is 0 Å². The molecule has 0 amide bonds. The summed E-state index contributed by atoms with van der Waals surface area (Å²) in [5.74, 6) is 0. The van der Waals surface area contributed by atoms with Gasteiger partial charge < -0.3 is 0 Å². The Hall–Kier alpha value is 0.190. The lowest BCUT2D eigenvalue weighted by molar-refractivity contribution is 0.454. The number of hydrogen-bond donors (Lipinski definition) is 1. The van der Waals surface area contributed by atoms with E-state index < -0.39 is 15.6 Å². The molecule has 1 aromatic carbocycles. The predicted octanol–water partition coefficient (Wildman–Crippen LogP) is 3.83. The molecule has 0 aromatic heterocycles. The van der Waals surface area contributed by atoms with Crippen molar-refractivity contribution in [2.24, 2.45) is 0 Å². The second-order valence-corrected chi connectivity index (χ2v) is 8.48. The van der Waals surface area contributed by atoms with Crippen molar-refractivity contribution in [2.75, 3.05) is 0 Å². The van der Waals surface area contributed by atoms with Crippen LogP contribution >= 0.6 is 39.1 Å². The Morgan fingerprint density at radius 1 is 1.22 bits per heavy atom. The van der Waals surface area contributed by atoms with Gasteiger partial charge in [0.25, 0.3) is 0 Å². The first-order valence-electron chi connectivity index (χ1n) is 5.19. The molecule has 102 valence electrons. The lowest BCUT2D eigenvalue weighted by atomic mass is 10.0. The molecule has 1 N–H and O–H groups in total. The van der Waals surface area contributed by atoms with E-state index in [1.165, 1.54) is 18.2 Å². The third kappa shape index (κ3) is 4.10. The molecule has 1 aromatic rings. The van der Waals surface area contributed by atoms with Crippen molar-refractivity contribution in [3.63, 3.8) is 0 Å². The van der Waals surface area contributed by atoms with E-state index in [1.54, 1.807) is 13.8 Å². The summed E-state index contributed by atoms with van der Waals surface area (Å²) in [6.45, 7) is 5.44. The standard InChI is InChI=1S/C11H14BrCl2NO2S/c1-7(12)11(2,3)15-18(16,17)10-5-8(13)4-9(14)6-10/h4-7,15H,1-3H3. The minimum Gasteiger partial charge on any atom is -0.207 e. The van der Waals surface area contributed by atoms with Crippen LogP contribution < -0.4 is 4.72 Å². The van der Waals surface area contributed by atoms with Crippen LogP contribution in [0.4, 0.5) is 0 Å². The average Bonchev–Trinajstić information content (AvgIpc) is 2.13. The van der Waals surface area contributed by atoms with Crippen molar-refractivity contribution in [3.8, 4) is 0 Å². The van der Waals surface area contributed by atoms with Gasteiger partial charge in [0.2, 0.25) is 10.0 Å². The molecule has 0 saturated carbocycles. The van der Waals surface area contributed by atoms with Crippen LogP contribution in [-0.4, -0.2) is 18.8 Å². The van der Waals surface area contributed by atoms with Crippen molar-refractivity contribution in [1.29, 1.82) is 0 Å². The van der Waals surface area contributed by atoms with Crippen LogP contribution in [-0.2, 0) is 10.0 Å². The fourth-order valence-corrected chi connectivity index (χ4v) is 3.64. The van der Waals surface area contributed by atoms with Crippen molar-refractivity contribution in [3.05, 3.63) is 28.2 Å². The second kappa shape index (κ2) is 5.67. The number of rotatable bonds is 4. The zero-order valence-electron chi connectivity index (χ0n) is 10.2. The van der Waals surface area contributed by atoms with Crippen LogP contribution in [0.15, 0.2) is 23.1 Å². The van der Waals surface area contributed by atoms with E-state index >= 15 is 0 Å². The van der Waals surface area contributed by atoms with Crippen molar-refractivity contribution in [1.82, 2.24) is 4.72 Å². The number of benzene rings is 1. The summed E-state index contributed by atoms with van der Waals surface area (Å²) in [6.07, 6.45) is 0. The van der Waals surface area contributed by atoms with Crippen LogP contribution in [0, 0.1) is 0 Å². The van der Waals surface area contributed by atoms with Gasteiger partial charge in [-0.2, -0.15) is 0 Å². The highest BCUT2D eigenvalue weighted by molar-refractivity contribution is 9.09. The van der Waals surface area contributed by atoms with Gasteiger partial charge in [-0.05, 0) is 32.0 Å². The molecule has 3 nitrogen and oxygen atoms in total. The molecule has 18 heavy (non-hydrogen) atoms. The number of sulfonamides is 1. The van der Waals surface area contributed by atoms with Crippen molar-refractivity contribution < 1.29 is 8.42 Å². The van der Waals surface area contributed by atoms with E-state index in [9.17, 15) is 8.42 Å². The summed E-state index contributed by atoms with van der Waals surface area (Å²) in [6, 6.07) is 4.22. The van der Waals surface area contributed by atoms with Crippen LogP contribution in [0.25, 0.3) is 0 Å². The normalized spacial score (nSPS) is 14.6. The Kier molecular flexibility index (Phi) is 5.12. The molecule has 1 unspecified atom stereocenters. The third-order valence-corrected chi connectivity index (χ3v) is 5.77. The molecule has 7 heteroatoms. The van der Waals surface area contributed by atoms with Crippen LogP contribution in [0.3, 0.4) is 0 Å². The van der Waals surface area contributed by atoms with Gasteiger partial charge in [0.1, 0.15) is 0 Å². The summed E-state index contributed by atoms with van der Waals surface area (Å²) in [5, 5.41) is 0.570. The molecule has 0 aliphatic heterocycles. The third-order valence-electron chi connectivity index (χ3n) is 2.54. The molecule has 1 atom stereocenters. The van der Waals surface area contributed by atoms with E-state index in [1.807, 2.05) is 6.92 Å². The first-order valence-corrected chi connectivity index (χ1v) is 8.34. The molecule has 0 saturated heterocycles. The van der Waals surface area contributed by atoms with Gasteiger partial charge >= 0.3 is 0 Å². The van der Waals surface area contributed by atoms with Gasteiger partial charge in [-0.15, -0.1) is 0 Å². The zero-order chi connectivity index (χ0) is 14.1. The van der Waals surface area contributed by atoms with E-state index in [2.05, 4.69) is 20.7 Å². The lowest BCUT2D eigenvalue weighted by Crippen LogP contribution is -2.48. The van der Waals surface area contributed by atoms with Gasteiger partial charge in [0.05, 0.1) is 4.90 Å². The summed E-state index contributed by atoms with van der Waals surface area (Å²) >= 11 is 15.0. The van der Waals surface area contributed by atoms with Gasteiger partial charge in [-0.3, -0.25) is 0 Å². The number of hydrogen-bond acceptors (Lipinski definition) is 2. The first kappa shape index (κ1) is 16.2. The highest BCUT2D eigenvalue weighted by atomic mass is 79.9. The molecule has 0 heterocycles. The molecular weight excluding hydrogens is 361 g/mol. The van der Waals surface area contributed by atoms with Crippen LogP contribution in [0.1, 0.15) is 20.8 Å². The van der Waals surface area contributed by atoms with E-state index in [-0.39, 0.29) is 19.8 Å². The monoisotopic (exact) mass is 373 g/mol. The Balaban J connectivity index is 3.15. The van der Waals surface area contributed by atoms with Crippen LogP contribution in [0.5, 0.6) is 0 Å². The quantitative estimate of drug-likeness (QED) is 0.814. The van der Waals surface area contributed by atoms with Gasteiger partial charge in [0, 0.05) is 20.4 Å². The van der Waals surface area contributed by atoms with E-state index in [4.69, 9.17) is 23.2 Å². The zero-order valence-corrected chi connectivity index (χ0v) is 14.1. The lowest BCUT2D eigenvalue weighted by Gasteiger charge is -2.28. The van der Waals surface area contributed by atoms with Crippen molar-refractivity contribution >= 4 is 49.2 Å². The highest BCUT2D eigenvalue weighted by Crippen LogP contribution is 2.25. The van der Waals surface area contributed by atoms with Gasteiger partial charge in [-0.1, -0.05) is 46.1 Å². The molecule has 0 aliphatic carbocycles. The molecule has 1 rings (SSSR count). The molecule has 0 spiro atoms. The van der Waals surface area contributed by atoms with Gasteiger partial charge in [0.15, 0.2) is 0 Å². The summed E-state index contributed by atoms with van der Waals surface area (Å²) < 4.78 is 27.0. The minimum absolute atomic E-state index is 0.0329. The average molecular weight is 375 g/mol. The molecule has 0 bridgehead atoms. The number of halogens is 3. The number of nitrogens with one attached hydrogen (secondary N) is 1. The summed E-state index contributed by atoms with van der Waals surface area (Å²) in [7, 11) is -3.66. The first-order chi connectivity index (χ1) is 8.04. The summed E-state index contributed by atoms with van der Waals surface area (Å²) in [4.78, 5) is 0.0238. The summed E-state index contributed by atoms with van der Waals surface area (Å²) in [5.41, 5.74) is -0.631. The molecular formula is C11H14BrCl2NO2S. The largest absolute Gasteiger partial charge is 0.241 e. The fourth-order valence-electron chi connectivity index (χ4n) is 1.17. The van der Waals surface area contributed by atoms with E-state index in [0.29, 0.717) is 0 Å². The second-order valence-electron chi connectivity index (χ2n) is 4.55. The minimum atomic E-state index is -3.66. The Bertz CT molecular complexity index is 524. The maximum absolute atomic E-state index is 12.2. The SMILES string of the molecule is CC(Br)C(C)(C)NS(=O)(=O)c1cc(Cl)cc(Cl)c1. The van der Waals surface area contributed by atoms with Crippen LogP contribution in [0.2, 0.25) is 10.0 Å². The predicted molar refractivity (Wildman–Crippen MR) is 79.3 cm³/mol. The smallest absolute Gasteiger partial charge is 0.207 e. The Morgan fingerprint density at radius 3 is 2.06 bits per heavy atom. The topological polar surface area (TPSA) is 46.2 Å². The maximum atomic E-state index is 12.2. The van der Waals surface area contributed by atoms with Gasteiger partial charge in [-0.25, -0.2) is 13.1 Å². The highest BCUT2D eigenvalue weighted by Gasteiger charge is 2.30. The Labute approximate surface area is 126 Å². The maximum Gasteiger partial charge on any atom is 0.241 e. The Morgan fingerprint density at radius 2 is 1.67 bits per heavy atom. The number of alkyl halides is 1. The van der Waals surface area contributed by atoms with Crippen molar-refractivity contribution in [2.45, 2.75) is 36.0 Å².